The number of fused-ring (bicyclic) bond motifs is 1. The summed E-state index contributed by atoms with van der Waals surface area (Å²) in [6.45, 7) is 15.9. The van der Waals surface area contributed by atoms with Crippen LogP contribution in [0.3, 0.4) is 0 Å². The summed E-state index contributed by atoms with van der Waals surface area (Å²) in [5, 5.41) is 0. The Morgan fingerprint density at radius 3 is 2.09 bits per heavy atom. The van der Waals surface area contributed by atoms with Crippen molar-refractivity contribution in [3.8, 4) is 0 Å². The normalized spacial score (nSPS) is 27.5. The van der Waals surface area contributed by atoms with E-state index in [0.29, 0.717) is 12.8 Å². The maximum absolute atomic E-state index is 15.8. The zero-order chi connectivity index (χ0) is 32.1. The van der Waals surface area contributed by atoms with Crippen molar-refractivity contribution in [1.29, 1.82) is 0 Å². The van der Waals surface area contributed by atoms with Gasteiger partial charge in [0, 0.05) is 25.9 Å². The number of alkyl halides is 1. The lowest BCUT2D eigenvalue weighted by atomic mass is 9.87. The van der Waals surface area contributed by atoms with Gasteiger partial charge in [-0.3, -0.25) is 4.79 Å². The van der Waals surface area contributed by atoms with Gasteiger partial charge < -0.3 is 23.1 Å². The number of hydrogen-bond acceptors (Lipinski definition) is 6. The van der Waals surface area contributed by atoms with Crippen LogP contribution in [0.15, 0.2) is 12.2 Å². The van der Waals surface area contributed by atoms with Gasteiger partial charge in [-0.15, -0.1) is 0 Å². The predicted octanol–water partition coefficient (Wildman–Crippen LogP) is 9.35. The van der Waals surface area contributed by atoms with E-state index in [-0.39, 0.29) is 49.0 Å². The van der Waals surface area contributed by atoms with E-state index in [4.69, 9.17) is 23.1 Å². The summed E-state index contributed by atoms with van der Waals surface area (Å²) < 4.78 is 47.1. The largest absolute Gasteiger partial charge is 0.469 e. The fourth-order valence-electron chi connectivity index (χ4n) is 7.41. The highest BCUT2D eigenvalue weighted by Gasteiger charge is 2.59. The molecule has 0 spiro atoms. The van der Waals surface area contributed by atoms with Crippen LogP contribution < -0.4 is 0 Å². The van der Waals surface area contributed by atoms with Crippen molar-refractivity contribution in [3.63, 3.8) is 0 Å². The molecule has 1 heterocycles. The molecule has 0 unspecified atom stereocenters. The summed E-state index contributed by atoms with van der Waals surface area (Å²) in [7, 11) is -0.742. The maximum atomic E-state index is 15.8. The van der Waals surface area contributed by atoms with Crippen LogP contribution in [0.2, 0.25) is 36.3 Å². The van der Waals surface area contributed by atoms with Gasteiger partial charge in [-0.1, -0.05) is 79.9 Å². The molecule has 1 saturated heterocycles. The van der Waals surface area contributed by atoms with Crippen LogP contribution in [-0.4, -0.2) is 67.1 Å². The summed E-state index contributed by atoms with van der Waals surface area (Å²) in [5.74, 6) is -1.37. The number of methoxy groups -OCH3 is 2. The molecule has 1 aliphatic heterocycles. The summed E-state index contributed by atoms with van der Waals surface area (Å²) in [5.41, 5.74) is 0. The number of carbonyl (C=O) groups is 1. The molecular formula is C34H65FO6Si2. The Kier molecular flexibility index (Phi) is 16.6. The fraction of sp³-hybridized carbons (Fsp3) is 0.912. The van der Waals surface area contributed by atoms with Gasteiger partial charge in [0.1, 0.15) is 0 Å². The highest BCUT2D eigenvalue weighted by Crippen LogP contribution is 2.52. The number of ether oxygens (including phenoxy) is 3. The van der Waals surface area contributed by atoms with Crippen LogP contribution in [0, 0.1) is 11.8 Å². The highest BCUT2D eigenvalue weighted by atomic mass is 28.4. The molecular weight excluding hydrogens is 580 g/mol. The lowest BCUT2D eigenvalue weighted by molar-refractivity contribution is -0.248. The van der Waals surface area contributed by atoms with E-state index in [2.05, 4.69) is 60.6 Å². The molecule has 43 heavy (non-hydrogen) atoms. The third-order valence-corrected chi connectivity index (χ3v) is 20.3. The second kappa shape index (κ2) is 18.5. The zero-order valence-corrected chi connectivity index (χ0v) is 31.1. The average molecular weight is 645 g/mol. The Hall–Kier alpha value is -0.586. The lowest BCUT2D eigenvalue weighted by Crippen LogP contribution is -2.45. The monoisotopic (exact) mass is 644 g/mol. The van der Waals surface area contributed by atoms with Crippen molar-refractivity contribution in [3.05, 3.63) is 12.2 Å². The first-order valence-electron chi connectivity index (χ1n) is 17.6. The maximum Gasteiger partial charge on any atom is 0.305 e. The lowest BCUT2D eigenvalue weighted by Gasteiger charge is -2.37. The Balaban J connectivity index is 2.37. The quantitative estimate of drug-likeness (QED) is 0.0507. The third-order valence-electron chi connectivity index (χ3n) is 10.9. The first-order chi connectivity index (χ1) is 20.6. The van der Waals surface area contributed by atoms with Crippen LogP contribution in [-0.2, 0) is 27.9 Å². The number of esters is 1. The van der Waals surface area contributed by atoms with E-state index in [1.807, 2.05) is 0 Å². The van der Waals surface area contributed by atoms with Gasteiger partial charge in [0.25, 0.3) is 0 Å². The topological polar surface area (TPSA) is 63.2 Å². The fourth-order valence-corrected chi connectivity index (χ4v) is 13.1. The Labute approximate surface area is 265 Å². The van der Waals surface area contributed by atoms with Gasteiger partial charge in [-0.2, -0.15) is 0 Å². The molecule has 1 aliphatic carbocycles. The molecule has 0 radical (unpaired) electrons. The van der Waals surface area contributed by atoms with Gasteiger partial charge in [0.15, 0.2) is 28.6 Å². The van der Waals surface area contributed by atoms with E-state index in [1.165, 1.54) is 20.0 Å². The SMILES string of the molecule is CCCCC[C@@H](/C=C/[C@@H]1[C@H]2C[C@@](OC)([C@@H](F)CCCC(=O)OC)O[C@H]2C[C@H]1O[Si](CC)(CC)CC)O[Si](CC)(CC)CC. The first-order valence-corrected chi connectivity index (χ1v) is 22.6. The standard InChI is InChI=1S/C34H65FO6Si2/c1-10-17-18-20-27(40-42(11-2,12-3)13-4)23-24-28-29-26-34(38-9,32(35)21-19-22-33(36)37-8)39-30(29)25-31(28)41-43(14-5,15-6)16-7/h23-24,27-32H,10-22,25-26H2,1-9H3/b24-23+/t27-,28+,29+,30-,31+,32-,34-/m0/s1. The van der Waals surface area contributed by atoms with E-state index < -0.39 is 28.6 Å². The number of rotatable bonds is 22. The van der Waals surface area contributed by atoms with Crippen LogP contribution in [0.1, 0.15) is 106 Å². The van der Waals surface area contributed by atoms with Crippen molar-refractivity contribution < 1.29 is 32.2 Å². The van der Waals surface area contributed by atoms with Crippen molar-refractivity contribution in [2.24, 2.45) is 11.8 Å². The first kappa shape index (κ1) is 38.6. The third kappa shape index (κ3) is 9.95. The Morgan fingerprint density at radius 1 is 0.930 bits per heavy atom. The molecule has 6 nitrogen and oxygen atoms in total. The number of carbonyl (C=O) groups excluding carboxylic acids is 1. The molecule has 7 atom stereocenters. The molecule has 9 heteroatoms. The molecule has 0 aromatic rings. The van der Waals surface area contributed by atoms with Gasteiger partial charge in [0.2, 0.25) is 0 Å². The zero-order valence-electron chi connectivity index (χ0n) is 29.1. The molecule has 0 N–H and O–H groups in total. The van der Waals surface area contributed by atoms with Crippen molar-refractivity contribution in [2.75, 3.05) is 14.2 Å². The summed E-state index contributed by atoms with van der Waals surface area (Å²) >= 11 is 0. The second-order valence-corrected chi connectivity index (χ2v) is 22.4. The van der Waals surface area contributed by atoms with Crippen molar-refractivity contribution in [1.82, 2.24) is 0 Å². The molecule has 2 rings (SSSR count). The van der Waals surface area contributed by atoms with E-state index in [1.54, 1.807) is 7.11 Å². The smallest absolute Gasteiger partial charge is 0.305 e. The minimum atomic E-state index is -1.87. The van der Waals surface area contributed by atoms with Crippen LogP contribution in [0.4, 0.5) is 4.39 Å². The molecule has 0 aromatic carbocycles. The molecule has 0 amide bonds. The average Bonchev–Trinajstić information content (AvgIpc) is 3.55. The molecule has 252 valence electrons. The molecule has 1 saturated carbocycles. The summed E-state index contributed by atoms with van der Waals surface area (Å²) in [6.07, 6.45) is 10.1. The van der Waals surface area contributed by atoms with Crippen LogP contribution in [0.5, 0.6) is 0 Å². The molecule has 2 aliphatic rings. The minimum Gasteiger partial charge on any atom is -0.469 e. The second-order valence-electron chi connectivity index (χ2n) is 13.0. The Morgan fingerprint density at radius 2 is 1.56 bits per heavy atom. The van der Waals surface area contributed by atoms with Gasteiger partial charge in [-0.25, -0.2) is 4.39 Å². The number of hydrogen-bond donors (Lipinski definition) is 0. The van der Waals surface area contributed by atoms with Crippen LogP contribution in [0.25, 0.3) is 0 Å². The number of halogens is 1. The molecule has 0 aromatic heterocycles. The molecule has 2 fully saturated rings. The summed E-state index contributed by atoms with van der Waals surface area (Å²) in [6, 6.07) is 6.68. The van der Waals surface area contributed by atoms with Gasteiger partial charge in [-0.05, 0) is 67.9 Å². The van der Waals surface area contributed by atoms with E-state index >= 15 is 4.39 Å². The van der Waals surface area contributed by atoms with Crippen molar-refractivity contribution >= 4 is 22.6 Å². The summed E-state index contributed by atoms with van der Waals surface area (Å²) in [4.78, 5) is 11.6. The van der Waals surface area contributed by atoms with Gasteiger partial charge in [0.05, 0.1) is 25.4 Å². The Bertz CT molecular complexity index is 819. The minimum absolute atomic E-state index is 0.0619. The van der Waals surface area contributed by atoms with Gasteiger partial charge >= 0.3 is 5.97 Å². The molecule has 0 bridgehead atoms. The van der Waals surface area contributed by atoms with E-state index in [9.17, 15) is 4.79 Å². The van der Waals surface area contributed by atoms with Crippen molar-refractivity contribution in [2.45, 2.75) is 173 Å². The van der Waals surface area contributed by atoms with Crippen LogP contribution >= 0.6 is 0 Å². The number of unbranched alkanes of at least 4 members (excludes halogenated alkanes) is 2. The van der Waals surface area contributed by atoms with E-state index in [0.717, 1.165) is 55.5 Å². The predicted molar refractivity (Wildman–Crippen MR) is 179 cm³/mol. The highest BCUT2D eigenvalue weighted by molar-refractivity contribution is 6.74.